The number of anilines is 2. The highest BCUT2D eigenvalue weighted by molar-refractivity contribution is 5.84. The van der Waals surface area contributed by atoms with Gasteiger partial charge < -0.3 is 15.8 Å². The molecular formula is C19H25N7O. The van der Waals surface area contributed by atoms with Gasteiger partial charge in [0.2, 0.25) is 0 Å². The van der Waals surface area contributed by atoms with Crippen molar-refractivity contribution in [3.63, 3.8) is 0 Å². The Balaban J connectivity index is 0.00000150. The summed E-state index contributed by atoms with van der Waals surface area (Å²) < 4.78 is 6.84. The number of hydrogen-bond donors (Lipinski definition) is 2. The smallest absolute Gasteiger partial charge is 0.166 e. The van der Waals surface area contributed by atoms with Crippen molar-refractivity contribution in [2.75, 3.05) is 18.2 Å². The summed E-state index contributed by atoms with van der Waals surface area (Å²) in [6.07, 6.45) is 5.00. The Labute approximate surface area is 160 Å². The second kappa shape index (κ2) is 6.91. The molecule has 3 N–H and O–H groups in total. The van der Waals surface area contributed by atoms with Crippen LogP contribution in [-0.4, -0.2) is 31.7 Å². The molecule has 0 fully saturated rings. The van der Waals surface area contributed by atoms with Gasteiger partial charge in [0.1, 0.15) is 17.9 Å². The largest absolute Gasteiger partial charge is 0.497 e. The van der Waals surface area contributed by atoms with Gasteiger partial charge in [0, 0.05) is 28.8 Å². The van der Waals surface area contributed by atoms with E-state index in [9.17, 15) is 0 Å². The third kappa shape index (κ3) is 3.24. The topological polar surface area (TPSA) is 103 Å². The zero-order valence-electron chi connectivity index (χ0n) is 15.0. The fraction of sp³-hybridized carbons (Fsp3) is 0.158. The Morgan fingerprint density at radius 1 is 1.19 bits per heavy atom. The fourth-order valence-electron chi connectivity index (χ4n) is 2.92. The van der Waals surface area contributed by atoms with Gasteiger partial charge in [-0.05, 0) is 30.7 Å². The average molecular weight is 367 g/mol. The van der Waals surface area contributed by atoms with Gasteiger partial charge in [-0.2, -0.15) is 0 Å². The van der Waals surface area contributed by atoms with Crippen molar-refractivity contribution < 1.29 is 9.02 Å². The lowest BCUT2D eigenvalue weighted by Gasteiger charge is -2.15. The van der Waals surface area contributed by atoms with Crippen LogP contribution in [0.25, 0.3) is 16.9 Å². The summed E-state index contributed by atoms with van der Waals surface area (Å²) in [6, 6.07) is 11.6. The summed E-state index contributed by atoms with van der Waals surface area (Å²) in [4.78, 5) is 13.0. The van der Waals surface area contributed by atoms with Gasteiger partial charge in [-0.3, -0.25) is 0 Å². The number of nitrogens with one attached hydrogen (secondary N) is 1. The molecule has 3 heterocycles. The van der Waals surface area contributed by atoms with Gasteiger partial charge in [-0.1, -0.05) is 12.1 Å². The second-order valence-corrected chi connectivity index (χ2v) is 6.08. The SMILES string of the molecule is COc1ccc([C@@H](C)Nc2cc(-c3c(N)nn4cccnc34)ncn2)cc1.[HH].[HH].[HH]. The minimum Gasteiger partial charge on any atom is -0.497 e. The molecule has 0 amide bonds. The molecule has 4 rings (SSSR count). The molecule has 8 heteroatoms. The third-order valence-corrected chi connectivity index (χ3v) is 4.33. The van der Waals surface area contributed by atoms with Crippen LogP contribution < -0.4 is 15.8 Å². The Bertz CT molecular complexity index is 1090. The molecule has 0 spiro atoms. The quantitative estimate of drug-likeness (QED) is 0.554. The van der Waals surface area contributed by atoms with Crippen LogP contribution in [0.1, 0.15) is 22.8 Å². The van der Waals surface area contributed by atoms with Crippen LogP contribution in [0.3, 0.4) is 0 Å². The monoisotopic (exact) mass is 367 g/mol. The molecule has 4 aromatic rings. The highest BCUT2D eigenvalue weighted by Crippen LogP contribution is 2.29. The van der Waals surface area contributed by atoms with E-state index < -0.39 is 0 Å². The van der Waals surface area contributed by atoms with Gasteiger partial charge in [0.25, 0.3) is 0 Å². The van der Waals surface area contributed by atoms with Gasteiger partial charge in [-0.25, -0.2) is 19.5 Å². The molecule has 0 saturated carbocycles. The first kappa shape index (κ1) is 16.8. The van der Waals surface area contributed by atoms with Crippen molar-refractivity contribution in [3.05, 3.63) is 60.7 Å². The summed E-state index contributed by atoms with van der Waals surface area (Å²) in [5.41, 5.74) is 9.22. The van der Waals surface area contributed by atoms with Crippen LogP contribution in [0.5, 0.6) is 5.75 Å². The maximum atomic E-state index is 6.09. The van der Waals surface area contributed by atoms with E-state index in [1.807, 2.05) is 30.3 Å². The first-order valence-electron chi connectivity index (χ1n) is 8.47. The zero-order chi connectivity index (χ0) is 18.8. The number of methoxy groups -OCH3 is 1. The Morgan fingerprint density at radius 2 is 2.00 bits per heavy atom. The van der Waals surface area contributed by atoms with E-state index in [1.165, 1.54) is 6.33 Å². The standard InChI is InChI=1S/C19H19N7O.3H2/c1-12(13-4-6-14(27-2)7-5-13)24-16-10-15(22-11-23-16)17-18(20)25-26-9-3-8-21-19(17)26;;;/h3-12H,1-2H3,(H2,20,25)(H,22,23,24);3*1H/t12-;;;/m1.../s1. The van der Waals surface area contributed by atoms with E-state index in [0.29, 0.717) is 28.5 Å². The summed E-state index contributed by atoms with van der Waals surface area (Å²) in [6.45, 7) is 2.06. The van der Waals surface area contributed by atoms with Crippen LogP contribution in [0, 0.1) is 0 Å². The van der Waals surface area contributed by atoms with Crippen LogP contribution >= 0.6 is 0 Å². The number of nitrogens with zero attached hydrogens (tertiary/aromatic N) is 5. The molecule has 0 aliphatic heterocycles. The number of hydrogen-bond acceptors (Lipinski definition) is 7. The number of nitrogen functional groups attached to an aromatic ring is 1. The molecule has 1 atom stereocenters. The van der Waals surface area contributed by atoms with E-state index in [1.54, 1.807) is 30.1 Å². The summed E-state index contributed by atoms with van der Waals surface area (Å²) in [7, 11) is 1.65. The van der Waals surface area contributed by atoms with E-state index in [0.717, 1.165) is 11.3 Å². The highest BCUT2D eigenvalue weighted by Gasteiger charge is 2.16. The Morgan fingerprint density at radius 3 is 2.78 bits per heavy atom. The maximum absolute atomic E-state index is 6.09. The summed E-state index contributed by atoms with van der Waals surface area (Å²) in [5.74, 6) is 1.89. The van der Waals surface area contributed by atoms with Crippen molar-refractivity contribution in [1.82, 2.24) is 24.6 Å². The molecule has 0 aliphatic carbocycles. The molecule has 27 heavy (non-hydrogen) atoms. The zero-order valence-corrected chi connectivity index (χ0v) is 15.0. The lowest BCUT2D eigenvalue weighted by Crippen LogP contribution is -2.08. The molecule has 1 aromatic carbocycles. The molecule has 3 aromatic heterocycles. The van der Waals surface area contributed by atoms with Crippen LogP contribution in [0.4, 0.5) is 11.6 Å². The van der Waals surface area contributed by atoms with Gasteiger partial charge in [-0.15, -0.1) is 5.10 Å². The van der Waals surface area contributed by atoms with Crippen molar-refractivity contribution in [2.45, 2.75) is 13.0 Å². The predicted molar refractivity (Wildman–Crippen MR) is 110 cm³/mol. The molecule has 0 unspecified atom stereocenters. The number of benzene rings is 1. The van der Waals surface area contributed by atoms with E-state index in [-0.39, 0.29) is 10.3 Å². The van der Waals surface area contributed by atoms with Gasteiger partial charge in [0.05, 0.1) is 18.4 Å². The summed E-state index contributed by atoms with van der Waals surface area (Å²) >= 11 is 0. The minimum absolute atomic E-state index is 0. The minimum atomic E-state index is 0. The predicted octanol–water partition coefficient (Wildman–Crippen LogP) is 3.69. The fourth-order valence-corrected chi connectivity index (χ4v) is 2.92. The van der Waals surface area contributed by atoms with Crippen LogP contribution in [-0.2, 0) is 0 Å². The average Bonchev–Trinajstić information content (AvgIpc) is 3.04. The number of ether oxygens (including phenoxy) is 1. The first-order valence-corrected chi connectivity index (χ1v) is 8.47. The van der Waals surface area contributed by atoms with Crippen LogP contribution in [0.2, 0.25) is 0 Å². The molecule has 0 aliphatic rings. The third-order valence-electron chi connectivity index (χ3n) is 4.33. The number of nitrogens with two attached hydrogens (primary N) is 1. The molecule has 0 saturated heterocycles. The van der Waals surface area contributed by atoms with Crippen molar-refractivity contribution in [3.8, 4) is 17.0 Å². The molecule has 0 radical (unpaired) electrons. The van der Waals surface area contributed by atoms with Crippen molar-refractivity contribution >= 4 is 17.3 Å². The highest BCUT2D eigenvalue weighted by atomic mass is 16.5. The number of rotatable bonds is 5. The molecule has 142 valence electrons. The van der Waals surface area contributed by atoms with Crippen molar-refractivity contribution in [1.29, 1.82) is 0 Å². The Kier molecular flexibility index (Phi) is 4.29. The Hall–Kier alpha value is -3.68. The second-order valence-electron chi connectivity index (χ2n) is 6.08. The normalized spacial score (nSPS) is 12.1. The van der Waals surface area contributed by atoms with Crippen LogP contribution in [0.15, 0.2) is 55.1 Å². The van der Waals surface area contributed by atoms with E-state index in [4.69, 9.17) is 10.5 Å². The summed E-state index contributed by atoms with van der Waals surface area (Å²) in [5, 5.41) is 7.67. The van der Waals surface area contributed by atoms with Crippen molar-refractivity contribution in [2.24, 2.45) is 0 Å². The maximum Gasteiger partial charge on any atom is 0.166 e. The lowest BCUT2D eigenvalue weighted by molar-refractivity contribution is 0.414. The molecule has 0 bridgehead atoms. The first-order chi connectivity index (χ1) is 13.2. The van der Waals surface area contributed by atoms with Gasteiger partial charge in [0.15, 0.2) is 11.5 Å². The molecular weight excluding hydrogens is 342 g/mol. The lowest BCUT2D eigenvalue weighted by atomic mass is 10.1. The molecule has 8 nitrogen and oxygen atoms in total. The number of aromatic nitrogens is 5. The van der Waals surface area contributed by atoms with E-state index >= 15 is 0 Å². The number of fused-ring (bicyclic) bond motifs is 1. The van der Waals surface area contributed by atoms with E-state index in [2.05, 4.69) is 32.3 Å². The van der Waals surface area contributed by atoms with Gasteiger partial charge >= 0.3 is 0 Å².